The number of nitrogens with one attached hydrogen (secondary N) is 1. The summed E-state index contributed by atoms with van der Waals surface area (Å²) in [6, 6.07) is 0. The van der Waals surface area contributed by atoms with Crippen molar-refractivity contribution in [2.75, 3.05) is 26.4 Å². The van der Waals surface area contributed by atoms with E-state index in [1.54, 1.807) is 0 Å². The maximum absolute atomic E-state index is 13.8. The van der Waals surface area contributed by atoms with Crippen molar-refractivity contribution in [3.05, 3.63) is 29.1 Å². The molecule has 11 heteroatoms. The molecule has 1 aromatic carbocycles. The Hall–Kier alpha value is -1.98. The predicted octanol–water partition coefficient (Wildman–Crippen LogP) is 8.55. The third-order valence-electron chi connectivity index (χ3n) is 6.29. The number of halogens is 5. The average Bonchev–Trinajstić information content (AvgIpc) is 2.96. The van der Waals surface area contributed by atoms with E-state index in [-0.39, 0.29) is 12.5 Å². The molecular weight excluding hydrogens is 537 g/mol. The van der Waals surface area contributed by atoms with Gasteiger partial charge in [0.15, 0.2) is 0 Å². The fourth-order valence-electron chi connectivity index (χ4n) is 4.22. The smallest absolute Gasteiger partial charge is 0.404 e. The molecule has 0 radical (unpaired) electrons. The van der Waals surface area contributed by atoms with E-state index >= 15 is 0 Å². The summed E-state index contributed by atoms with van der Waals surface area (Å²) in [6.45, 7) is 9.48. The summed E-state index contributed by atoms with van der Waals surface area (Å²) in [5.74, 6) is -14.2. The van der Waals surface area contributed by atoms with Crippen LogP contribution in [-0.2, 0) is 14.2 Å². The van der Waals surface area contributed by atoms with Gasteiger partial charge >= 0.3 is 6.09 Å². The third kappa shape index (κ3) is 11.5. The first-order valence-electron chi connectivity index (χ1n) is 14.6. The van der Waals surface area contributed by atoms with Crippen LogP contribution in [0.4, 0.5) is 26.7 Å². The van der Waals surface area contributed by atoms with Crippen LogP contribution < -0.4 is 10.1 Å². The molecule has 0 aliphatic rings. The Kier molecular flexibility index (Phi) is 18.0. The van der Waals surface area contributed by atoms with Crippen LogP contribution in [0.5, 0.6) is 5.75 Å². The maximum atomic E-state index is 13.8. The highest BCUT2D eigenvalue weighted by molar-refractivity contribution is 5.70. The summed E-state index contributed by atoms with van der Waals surface area (Å²) in [5, 5.41) is 2.31. The molecule has 6 nitrogen and oxygen atoms in total. The first-order valence-corrected chi connectivity index (χ1v) is 14.6. The van der Waals surface area contributed by atoms with E-state index in [2.05, 4.69) is 17.0 Å². The minimum Gasteiger partial charge on any atom is -0.404 e. The molecule has 0 aromatic heterocycles. The molecule has 1 aromatic rings. The van der Waals surface area contributed by atoms with Gasteiger partial charge in [-0.25, -0.2) is 18.0 Å². The minimum atomic E-state index is -2.33. The van der Waals surface area contributed by atoms with Crippen LogP contribution in [0.25, 0.3) is 0 Å². The third-order valence-corrected chi connectivity index (χ3v) is 6.29. The average molecular weight is 584 g/mol. The second-order valence-corrected chi connectivity index (χ2v) is 9.76. The lowest BCUT2D eigenvalue weighted by Crippen LogP contribution is -2.47. The van der Waals surface area contributed by atoms with Gasteiger partial charge in [0.2, 0.25) is 34.8 Å². The molecule has 0 spiro atoms. The van der Waals surface area contributed by atoms with Gasteiger partial charge in [0.1, 0.15) is 0 Å². The van der Waals surface area contributed by atoms with Crippen molar-refractivity contribution in [3.8, 4) is 5.75 Å². The number of unbranched alkanes of at least 4 members (excludes halogenated alkanes) is 5. The molecular formula is C29H46F5NO5. The molecule has 0 aliphatic heterocycles. The number of carbonyl (C=O) groups excluding carboxylic acids is 1. The van der Waals surface area contributed by atoms with Gasteiger partial charge in [-0.3, -0.25) is 0 Å². The standard InChI is InChI=1S/C29H46F5NO5/c1-5-9-10-11-12-13-15-21(29(37-18-6-2,38-19-7-3)39-20-8-4)16-14-17-35-28(36)40-27-25(33)23(31)22(30)24(32)26(27)34/h21H,5-20H2,1-4H3,(H,35,36). The number of hydrogen-bond donors (Lipinski definition) is 1. The molecule has 1 amide bonds. The number of hydrogen-bond acceptors (Lipinski definition) is 5. The van der Waals surface area contributed by atoms with Gasteiger partial charge in [-0.2, -0.15) is 8.78 Å². The summed E-state index contributed by atoms with van der Waals surface area (Å²) in [6.07, 6.45) is 9.28. The first kappa shape index (κ1) is 36.0. The Bertz CT molecular complexity index is 823. The lowest BCUT2D eigenvalue weighted by atomic mass is 9.92. The van der Waals surface area contributed by atoms with Crippen molar-refractivity contribution in [2.45, 2.75) is 111 Å². The molecule has 0 fully saturated rings. The van der Waals surface area contributed by atoms with E-state index in [4.69, 9.17) is 14.2 Å². The second-order valence-electron chi connectivity index (χ2n) is 9.76. The fourth-order valence-corrected chi connectivity index (χ4v) is 4.22. The van der Waals surface area contributed by atoms with Crippen LogP contribution in [-0.4, -0.2) is 38.4 Å². The second kappa shape index (κ2) is 20.0. The SMILES string of the molecule is CCCCCCCCC(CCCNC(=O)Oc1c(F)c(F)c(F)c(F)c1F)C(OCCC)(OCCC)OCCC. The quantitative estimate of drug-likeness (QED) is 0.0487. The Labute approximate surface area is 235 Å². The summed E-state index contributed by atoms with van der Waals surface area (Å²) in [4.78, 5) is 12.1. The van der Waals surface area contributed by atoms with Crippen LogP contribution in [0.3, 0.4) is 0 Å². The van der Waals surface area contributed by atoms with Crippen molar-refractivity contribution in [1.29, 1.82) is 0 Å². The van der Waals surface area contributed by atoms with Crippen LogP contribution in [0, 0.1) is 35.0 Å². The Morgan fingerprint density at radius 2 is 1.10 bits per heavy atom. The zero-order valence-corrected chi connectivity index (χ0v) is 24.3. The highest BCUT2D eigenvalue weighted by Crippen LogP contribution is 2.35. The van der Waals surface area contributed by atoms with E-state index in [1.165, 1.54) is 12.8 Å². The van der Waals surface area contributed by atoms with Gasteiger partial charge in [0.25, 0.3) is 5.97 Å². The zero-order chi connectivity index (χ0) is 30.0. The lowest BCUT2D eigenvalue weighted by Gasteiger charge is -2.40. The fraction of sp³-hybridized carbons (Fsp3) is 0.759. The van der Waals surface area contributed by atoms with Gasteiger partial charge in [0, 0.05) is 12.5 Å². The molecule has 0 saturated heterocycles. The number of amides is 1. The van der Waals surface area contributed by atoms with Crippen LogP contribution in [0.2, 0.25) is 0 Å². The van der Waals surface area contributed by atoms with E-state index in [1.807, 2.05) is 20.8 Å². The van der Waals surface area contributed by atoms with Crippen molar-refractivity contribution in [2.24, 2.45) is 5.92 Å². The van der Waals surface area contributed by atoms with Crippen molar-refractivity contribution in [1.82, 2.24) is 5.32 Å². The number of carbonyl (C=O) groups is 1. The number of ether oxygens (including phenoxy) is 4. The van der Waals surface area contributed by atoms with Crippen LogP contribution >= 0.6 is 0 Å². The summed E-state index contributed by atoms with van der Waals surface area (Å²) >= 11 is 0. The van der Waals surface area contributed by atoms with Gasteiger partial charge in [-0.15, -0.1) is 0 Å². The molecule has 0 bridgehead atoms. The molecule has 1 N–H and O–H groups in total. The molecule has 1 atom stereocenters. The molecule has 40 heavy (non-hydrogen) atoms. The van der Waals surface area contributed by atoms with Gasteiger partial charge in [-0.1, -0.05) is 66.2 Å². The molecule has 0 saturated carbocycles. The number of rotatable bonds is 22. The van der Waals surface area contributed by atoms with E-state index in [9.17, 15) is 26.7 Å². The summed E-state index contributed by atoms with van der Waals surface area (Å²) in [7, 11) is 0. The highest BCUT2D eigenvalue weighted by atomic mass is 19.2. The summed E-state index contributed by atoms with van der Waals surface area (Å²) in [5.41, 5.74) is 0. The topological polar surface area (TPSA) is 66.0 Å². The van der Waals surface area contributed by atoms with Gasteiger partial charge in [-0.05, 0) is 38.5 Å². The van der Waals surface area contributed by atoms with Gasteiger partial charge < -0.3 is 24.3 Å². The minimum absolute atomic E-state index is 0.0205. The van der Waals surface area contributed by atoms with Crippen molar-refractivity contribution in [3.63, 3.8) is 0 Å². The predicted molar refractivity (Wildman–Crippen MR) is 142 cm³/mol. The van der Waals surface area contributed by atoms with Crippen molar-refractivity contribution < 1.29 is 45.7 Å². The first-order chi connectivity index (χ1) is 19.2. The monoisotopic (exact) mass is 583 g/mol. The molecule has 1 rings (SSSR count). The zero-order valence-electron chi connectivity index (χ0n) is 24.3. The highest BCUT2D eigenvalue weighted by Gasteiger charge is 2.42. The Morgan fingerprint density at radius 3 is 1.60 bits per heavy atom. The van der Waals surface area contributed by atoms with Crippen LogP contribution in [0.15, 0.2) is 0 Å². The normalized spacial score (nSPS) is 12.5. The largest absolute Gasteiger partial charge is 0.412 e. The Balaban J connectivity index is 2.92. The summed E-state index contributed by atoms with van der Waals surface area (Å²) < 4.78 is 90.8. The van der Waals surface area contributed by atoms with E-state index < -0.39 is 46.9 Å². The van der Waals surface area contributed by atoms with Crippen molar-refractivity contribution >= 4 is 6.09 Å². The molecule has 232 valence electrons. The molecule has 0 heterocycles. The number of benzene rings is 1. The van der Waals surface area contributed by atoms with E-state index in [0.717, 1.165) is 51.4 Å². The maximum Gasteiger partial charge on any atom is 0.412 e. The van der Waals surface area contributed by atoms with Crippen LogP contribution in [0.1, 0.15) is 105 Å². The van der Waals surface area contributed by atoms with Gasteiger partial charge in [0.05, 0.1) is 19.8 Å². The lowest BCUT2D eigenvalue weighted by molar-refractivity contribution is -0.406. The Morgan fingerprint density at radius 1 is 0.650 bits per heavy atom. The van der Waals surface area contributed by atoms with E-state index in [0.29, 0.717) is 32.7 Å². The molecule has 1 unspecified atom stereocenters. The molecule has 0 aliphatic carbocycles.